The SMILES string of the molecule is COc1cc2c(cc1CN1CCC(C(NC(=O)C(C)(C)C)c3ccccn3)CC1)CCCC2. The van der Waals surface area contributed by atoms with Crippen molar-refractivity contribution in [2.75, 3.05) is 20.2 Å². The number of nitrogens with one attached hydrogen (secondary N) is 1. The van der Waals surface area contributed by atoms with Crippen molar-refractivity contribution >= 4 is 5.91 Å². The number of hydrogen-bond donors (Lipinski definition) is 1. The molecule has 1 amide bonds. The lowest BCUT2D eigenvalue weighted by molar-refractivity contribution is -0.129. The highest BCUT2D eigenvalue weighted by Gasteiger charge is 2.32. The van der Waals surface area contributed by atoms with E-state index in [1.54, 1.807) is 7.11 Å². The lowest BCUT2D eigenvalue weighted by Crippen LogP contribution is -2.44. The molecule has 2 aromatic rings. The number of fused-ring (bicyclic) bond motifs is 1. The van der Waals surface area contributed by atoms with Crippen LogP contribution in [0.3, 0.4) is 0 Å². The lowest BCUT2D eigenvalue weighted by atomic mass is 9.85. The van der Waals surface area contributed by atoms with E-state index in [0.29, 0.717) is 5.92 Å². The van der Waals surface area contributed by atoms with Crippen LogP contribution in [-0.4, -0.2) is 36.0 Å². The molecule has 0 radical (unpaired) electrons. The van der Waals surface area contributed by atoms with E-state index in [9.17, 15) is 4.79 Å². The number of methoxy groups -OCH3 is 1. The van der Waals surface area contributed by atoms with Gasteiger partial charge in [0.2, 0.25) is 5.91 Å². The number of hydrogen-bond acceptors (Lipinski definition) is 4. The van der Waals surface area contributed by atoms with Crippen LogP contribution in [0.2, 0.25) is 0 Å². The van der Waals surface area contributed by atoms with Gasteiger partial charge in [-0.3, -0.25) is 14.7 Å². The average Bonchev–Trinajstić information content (AvgIpc) is 2.82. The summed E-state index contributed by atoms with van der Waals surface area (Å²) >= 11 is 0. The van der Waals surface area contributed by atoms with Crippen LogP contribution in [0.1, 0.15) is 74.9 Å². The summed E-state index contributed by atoms with van der Waals surface area (Å²) in [4.78, 5) is 19.9. The molecule has 1 aromatic heterocycles. The van der Waals surface area contributed by atoms with Gasteiger partial charge in [-0.15, -0.1) is 0 Å². The van der Waals surface area contributed by atoms with Gasteiger partial charge in [-0.05, 0) is 86.9 Å². The molecule has 0 bridgehead atoms. The first kappa shape index (κ1) is 23.7. The molecule has 0 saturated carbocycles. The Morgan fingerprint density at radius 3 is 2.45 bits per heavy atom. The number of likely N-dealkylation sites (tertiary alicyclic amines) is 1. The number of ether oxygens (including phenoxy) is 1. The van der Waals surface area contributed by atoms with Crippen molar-refractivity contribution in [3.8, 4) is 5.75 Å². The van der Waals surface area contributed by atoms with E-state index in [4.69, 9.17) is 4.74 Å². The Kier molecular flexibility index (Phi) is 7.38. The molecule has 1 aromatic carbocycles. The third-order valence-corrected chi connectivity index (χ3v) is 7.22. The van der Waals surface area contributed by atoms with Gasteiger partial charge >= 0.3 is 0 Å². The van der Waals surface area contributed by atoms with Crippen molar-refractivity contribution in [3.63, 3.8) is 0 Å². The van der Waals surface area contributed by atoms with Gasteiger partial charge in [0.25, 0.3) is 0 Å². The fourth-order valence-corrected chi connectivity index (χ4v) is 5.16. The predicted octanol–water partition coefficient (Wildman–Crippen LogP) is 5.08. The Bertz CT molecular complexity index is 944. The molecule has 0 spiro atoms. The monoisotopic (exact) mass is 449 g/mol. The maximum Gasteiger partial charge on any atom is 0.225 e. The van der Waals surface area contributed by atoms with Gasteiger partial charge in [-0.2, -0.15) is 0 Å². The van der Waals surface area contributed by atoms with Crippen LogP contribution in [0.25, 0.3) is 0 Å². The van der Waals surface area contributed by atoms with E-state index in [2.05, 4.69) is 27.3 Å². The van der Waals surface area contributed by atoms with Gasteiger partial charge in [-0.1, -0.05) is 32.9 Å². The molecule has 1 saturated heterocycles. The second-order valence-corrected chi connectivity index (χ2v) is 10.7. The van der Waals surface area contributed by atoms with Crippen LogP contribution in [0, 0.1) is 11.3 Å². The van der Waals surface area contributed by atoms with Crippen molar-refractivity contribution in [1.82, 2.24) is 15.2 Å². The maximum atomic E-state index is 12.8. The zero-order valence-corrected chi connectivity index (χ0v) is 20.7. The number of carbonyl (C=O) groups excluding carboxylic acids is 1. The summed E-state index contributed by atoms with van der Waals surface area (Å²) in [6.45, 7) is 8.84. The van der Waals surface area contributed by atoms with Crippen LogP contribution >= 0.6 is 0 Å². The zero-order valence-electron chi connectivity index (χ0n) is 20.7. The number of aryl methyl sites for hydroxylation is 2. The first-order valence-corrected chi connectivity index (χ1v) is 12.5. The summed E-state index contributed by atoms with van der Waals surface area (Å²) in [5.41, 5.74) is 4.82. The van der Waals surface area contributed by atoms with E-state index < -0.39 is 5.41 Å². The van der Waals surface area contributed by atoms with E-state index in [1.165, 1.54) is 42.4 Å². The summed E-state index contributed by atoms with van der Waals surface area (Å²) in [5, 5.41) is 3.32. The van der Waals surface area contributed by atoms with Crippen LogP contribution in [0.5, 0.6) is 5.75 Å². The Morgan fingerprint density at radius 2 is 1.85 bits per heavy atom. The van der Waals surface area contributed by atoms with Crippen molar-refractivity contribution in [2.24, 2.45) is 11.3 Å². The standard InChI is InChI=1S/C28H39N3O2/c1-28(2,3)27(32)30-26(24-11-7-8-14-29-24)20-12-15-31(16-13-20)19-23-17-21-9-5-6-10-22(21)18-25(23)33-4/h7-8,11,14,17-18,20,26H,5-6,9-10,12-13,15-16,19H2,1-4H3,(H,30,32). The Balaban J connectivity index is 1.44. The molecular weight excluding hydrogens is 410 g/mol. The van der Waals surface area contributed by atoms with Gasteiger partial charge in [0.1, 0.15) is 5.75 Å². The Morgan fingerprint density at radius 1 is 1.15 bits per heavy atom. The fourth-order valence-electron chi connectivity index (χ4n) is 5.16. The van der Waals surface area contributed by atoms with Gasteiger partial charge < -0.3 is 10.1 Å². The normalized spacial score (nSPS) is 18.4. The molecule has 2 aliphatic rings. The van der Waals surface area contributed by atoms with Crippen molar-refractivity contribution in [3.05, 3.63) is 58.9 Å². The molecule has 5 nitrogen and oxygen atoms in total. The number of pyridine rings is 1. The lowest BCUT2D eigenvalue weighted by Gasteiger charge is -2.37. The van der Waals surface area contributed by atoms with Crippen LogP contribution < -0.4 is 10.1 Å². The molecule has 1 unspecified atom stereocenters. The van der Waals surface area contributed by atoms with Crippen molar-refractivity contribution in [2.45, 2.75) is 71.9 Å². The molecule has 1 aliphatic heterocycles. The highest BCUT2D eigenvalue weighted by molar-refractivity contribution is 5.81. The summed E-state index contributed by atoms with van der Waals surface area (Å²) in [7, 11) is 1.79. The minimum atomic E-state index is -0.420. The number of rotatable bonds is 6. The van der Waals surface area contributed by atoms with E-state index in [1.807, 2.05) is 45.2 Å². The minimum Gasteiger partial charge on any atom is -0.496 e. The smallest absolute Gasteiger partial charge is 0.225 e. The van der Waals surface area contributed by atoms with Gasteiger partial charge in [-0.25, -0.2) is 0 Å². The molecule has 5 heteroatoms. The summed E-state index contributed by atoms with van der Waals surface area (Å²) in [6.07, 6.45) is 8.84. The van der Waals surface area contributed by atoms with E-state index in [-0.39, 0.29) is 11.9 Å². The van der Waals surface area contributed by atoms with Crippen LogP contribution in [0.15, 0.2) is 36.5 Å². The molecule has 1 N–H and O–H groups in total. The predicted molar refractivity (Wildman–Crippen MR) is 132 cm³/mol. The Labute approximate surface area is 198 Å². The fraction of sp³-hybridized carbons (Fsp3) is 0.571. The number of piperidine rings is 1. The average molecular weight is 450 g/mol. The summed E-state index contributed by atoms with van der Waals surface area (Å²) in [5.74, 6) is 1.49. The minimum absolute atomic E-state index is 0.0432. The molecule has 1 atom stereocenters. The number of carbonyl (C=O) groups is 1. The second-order valence-electron chi connectivity index (χ2n) is 10.7. The van der Waals surface area contributed by atoms with Gasteiger partial charge in [0, 0.05) is 23.7 Å². The topological polar surface area (TPSA) is 54.5 Å². The van der Waals surface area contributed by atoms with Gasteiger partial charge in [0.05, 0.1) is 18.8 Å². The quantitative estimate of drug-likeness (QED) is 0.668. The number of amides is 1. The van der Waals surface area contributed by atoms with Crippen LogP contribution in [0.4, 0.5) is 0 Å². The number of nitrogens with zero attached hydrogens (tertiary/aromatic N) is 2. The molecule has 33 heavy (non-hydrogen) atoms. The molecule has 178 valence electrons. The van der Waals surface area contributed by atoms with E-state index >= 15 is 0 Å². The zero-order chi connectivity index (χ0) is 23.4. The summed E-state index contributed by atoms with van der Waals surface area (Å²) < 4.78 is 5.76. The molecular formula is C28H39N3O2. The summed E-state index contributed by atoms with van der Waals surface area (Å²) in [6, 6.07) is 10.6. The molecule has 1 aliphatic carbocycles. The van der Waals surface area contributed by atoms with Crippen molar-refractivity contribution in [1.29, 1.82) is 0 Å². The third-order valence-electron chi connectivity index (χ3n) is 7.22. The molecule has 2 heterocycles. The Hall–Kier alpha value is -2.40. The van der Waals surface area contributed by atoms with Crippen LogP contribution in [-0.2, 0) is 24.2 Å². The molecule has 4 rings (SSSR count). The van der Waals surface area contributed by atoms with Gasteiger partial charge in [0.15, 0.2) is 0 Å². The molecule has 1 fully saturated rings. The largest absolute Gasteiger partial charge is 0.496 e. The number of benzene rings is 1. The van der Waals surface area contributed by atoms with E-state index in [0.717, 1.165) is 43.9 Å². The number of aromatic nitrogens is 1. The third kappa shape index (κ3) is 5.75. The maximum absolute atomic E-state index is 12.8. The first-order chi connectivity index (χ1) is 15.8. The second kappa shape index (κ2) is 10.3. The first-order valence-electron chi connectivity index (χ1n) is 12.5. The highest BCUT2D eigenvalue weighted by atomic mass is 16.5. The highest BCUT2D eigenvalue weighted by Crippen LogP contribution is 2.34. The van der Waals surface area contributed by atoms with Crippen molar-refractivity contribution < 1.29 is 9.53 Å².